The second-order valence-corrected chi connectivity index (χ2v) is 4.30. The molecule has 0 saturated heterocycles. The van der Waals surface area contributed by atoms with E-state index in [2.05, 4.69) is 19.1 Å². The Morgan fingerprint density at radius 2 is 2.33 bits per heavy atom. The molecule has 0 saturated carbocycles. The molecule has 15 heavy (non-hydrogen) atoms. The van der Waals surface area contributed by atoms with Crippen LogP contribution in [0.1, 0.15) is 30.9 Å². The van der Waals surface area contributed by atoms with Crippen molar-refractivity contribution in [3.63, 3.8) is 0 Å². The molecular weight excluding hydrogens is 188 g/mol. The Morgan fingerprint density at radius 3 is 3.07 bits per heavy atom. The van der Waals surface area contributed by atoms with Crippen LogP contribution in [0.4, 0.5) is 0 Å². The smallest absolute Gasteiger partial charge is 0.129 e. The number of aryl methyl sites for hydroxylation is 1. The Balaban J connectivity index is 2.00. The van der Waals surface area contributed by atoms with Crippen LogP contribution in [0.15, 0.2) is 18.2 Å². The van der Waals surface area contributed by atoms with E-state index < -0.39 is 0 Å². The molecule has 1 heterocycles. The standard InChI is InChI=1S/C13H16O2/c1-9-3-6-13-11(7-9)8-12(15-13)5-4-10(2)14/h3,6-7,12H,4-5,8H2,1-2H3. The minimum absolute atomic E-state index is 0.200. The van der Waals surface area contributed by atoms with E-state index in [0.29, 0.717) is 6.42 Å². The number of ketones is 1. The third-order valence-corrected chi connectivity index (χ3v) is 2.78. The predicted molar refractivity (Wildman–Crippen MR) is 59.2 cm³/mol. The summed E-state index contributed by atoms with van der Waals surface area (Å²) in [7, 11) is 0. The fourth-order valence-corrected chi connectivity index (χ4v) is 1.97. The first-order valence-electron chi connectivity index (χ1n) is 5.41. The summed E-state index contributed by atoms with van der Waals surface area (Å²) in [4.78, 5) is 10.9. The van der Waals surface area contributed by atoms with Gasteiger partial charge in [0.25, 0.3) is 0 Å². The Labute approximate surface area is 90.3 Å². The van der Waals surface area contributed by atoms with Gasteiger partial charge in [-0.05, 0) is 31.9 Å². The maximum absolute atomic E-state index is 10.9. The van der Waals surface area contributed by atoms with Crippen LogP contribution >= 0.6 is 0 Å². The lowest BCUT2D eigenvalue weighted by molar-refractivity contribution is -0.117. The van der Waals surface area contributed by atoms with Gasteiger partial charge in [0.15, 0.2) is 0 Å². The number of Topliss-reactive ketones (excluding diaryl/α,β-unsaturated/α-hetero) is 1. The first-order chi connectivity index (χ1) is 7.15. The molecule has 1 aliphatic rings. The summed E-state index contributed by atoms with van der Waals surface area (Å²) in [6, 6.07) is 6.26. The predicted octanol–water partition coefficient (Wildman–Crippen LogP) is 2.67. The van der Waals surface area contributed by atoms with Crippen LogP contribution in [-0.4, -0.2) is 11.9 Å². The number of carbonyl (C=O) groups is 1. The van der Waals surface area contributed by atoms with Gasteiger partial charge in [-0.1, -0.05) is 17.7 Å². The Bertz CT molecular complexity index is 382. The van der Waals surface area contributed by atoms with Crippen LogP contribution < -0.4 is 4.74 Å². The first-order valence-corrected chi connectivity index (χ1v) is 5.41. The molecule has 1 aromatic carbocycles. The molecule has 1 unspecified atom stereocenters. The summed E-state index contributed by atoms with van der Waals surface area (Å²) in [5.74, 6) is 1.24. The third-order valence-electron chi connectivity index (χ3n) is 2.78. The monoisotopic (exact) mass is 204 g/mol. The van der Waals surface area contributed by atoms with Crippen molar-refractivity contribution in [3.8, 4) is 5.75 Å². The van der Waals surface area contributed by atoms with Crippen molar-refractivity contribution in [1.82, 2.24) is 0 Å². The zero-order valence-corrected chi connectivity index (χ0v) is 9.25. The van der Waals surface area contributed by atoms with Crippen molar-refractivity contribution in [2.45, 2.75) is 39.2 Å². The highest BCUT2D eigenvalue weighted by atomic mass is 16.5. The molecule has 0 bridgehead atoms. The summed E-state index contributed by atoms with van der Waals surface area (Å²) in [6.45, 7) is 3.72. The van der Waals surface area contributed by atoms with Gasteiger partial charge in [0.2, 0.25) is 0 Å². The largest absolute Gasteiger partial charge is 0.490 e. The molecule has 2 nitrogen and oxygen atoms in total. The fraction of sp³-hybridized carbons (Fsp3) is 0.462. The maximum Gasteiger partial charge on any atom is 0.129 e. The minimum Gasteiger partial charge on any atom is -0.490 e. The summed E-state index contributed by atoms with van der Waals surface area (Å²) in [5.41, 5.74) is 2.55. The molecule has 0 radical (unpaired) electrons. The minimum atomic E-state index is 0.200. The Hall–Kier alpha value is -1.31. The first kappa shape index (κ1) is 10.2. The van der Waals surface area contributed by atoms with Gasteiger partial charge in [-0.2, -0.15) is 0 Å². The van der Waals surface area contributed by atoms with Gasteiger partial charge in [-0.3, -0.25) is 0 Å². The average Bonchev–Trinajstić information content (AvgIpc) is 2.56. The lowest BCUT2D eigenvalue weighted by Gasteiger charge is -2.08. The van der Waals surface area contributed by atoms with Gasteiger partial charge >= 0.3 is 0 Å². The number of hydrogen-bond donors (Lipinski definition) is 0. The van der Waals surface area contributed by atoms with Crippen molar-refractivity contribution >= 4 is 5.78 Å². The van der Waals surface area contributed by atoms with Gasteiger partial charge in [-0.15, -0.1) is 0 Å². The number of carbonyl (C=O) groups excluding carboxylic acids is 1. The lowest BCUT2D eigenvalue weighted by Crippen LogP contribution is -2.13. The topological polar surface area (TPSA) is 26.3 Å². The number of benzene rings is 1. The van der Waals surface area contributed by atoms with E-state index >= 15 is 0 Å². The number of fused-ring (bicyclic) bond motifs is 1. The molecule has 1 aliphatic heterocycles. The van der Waals surface area contributed by atoms with E-state index in [4.69, 9.17) is 4.74 Å². The normalized spacial score (nSPS) is 18.4. The summed E-state index contributed by atoms with van der Waals surface area (Å²) in [5, 5.41) is 0. The van der Waals surface area contributed by atoms with E-state index in [0.717, 1.165) is 18.6 Å². The Kier molecular flexibility index (Phi) is 2.76. The van der Waals surface area contributed by atoms with Gasteiger partial charge in [0, 0.05) is 12.8 Å². The van der Waals surface area contributed by atoms with E-state index in [9.17, 15) is 4.79 Å². The molecular formula is C13H16O2. The third kappa shape index (κ3) is 2.38. The molecule has 0 aliphatic carbocycles. The van der Waals surface area contributed by atoms with Gasteiger partial charge in [0.1, 0.15) is 17.6 Å². The number of rotatable bonds is 3. The van der Waals surface area contributed by atoms with E-state index in [1.807, 2.05) is 6.07 Å². The SMILES string of the molecule is CC(=O)CCC1Cc2cc(C)ccc2O1. The fourth-order valence-electron chi connectivity index (χ4n) is 1.97. The van der Waals surface area contributed by atoms with Crippen LogP contribution in [0.3, 0.4) is 0 Å². The Morgan fingerprint density at radius 1 is 1.53 bits per heavy atom. The highest BCUT2D eigenvalue weighted by Gasteiger charge is 2.22. The van der Waals surface area contributed by atoms with Crippen molar-refractivity contribution in [3.05, 3.63) is 29.3 Å². The molecule has 2 heteroatoms. The molecule has 0 fully saturated rings. The van der Waals surface area contributed by atoms with E-state index in [1.54, 1.807) is 6.92 Å². The van der Waals surface area contributed by atoms with E-state index in [1.165, 1.54) is 11.1 Å². The van der Waals surface area contributed by atoms with E-state index in [-0.39, 0.29) is 11.9 Å². The molecule has 0 spiro atoms. The molecule has 2 rings (SSSR count). The molecule has 80 valence electrons. The van der Waals surface area contributed by atoms with Crippen LogP contribution in [0.2, 0.25) is 0 Å². The highest BCUT2D eigenvalue weighted by molar-refractivity contribution is 5.75. The van der Waals surface area contributed by atoms with Gasteiger partial charge in [0.05, 0.1) is 0 Å². The van der Waals surface area contributed by atoms with Crippen molar-refractivity contribution < 1.29 is 9.53 Å². The van der Waals surface area contributed by atoms with Crippen LogP contribution in [0.5, 0.6) is 5.75 Å². The summed E-state index contributed by atoms with van der Waals surface area (Å²) < 4.78 is 5.76. The summed E-state index contributed by atoms with van der Waals surface area (Å²) in [6.07, 6.45) is 2.61. The zero-order valence-electron chi connectivity index (χ0n) is 9.25. The van der Waals surface area contributed by atoms with Gasteiger partial charge in [-0.25, -0.2) is 0 Å². The molecule has 0 aromatic heterocycles. The average molecular weight is 204 g/mol. The lowest BCUT2D eigenvalue weighted by atomic mass is 10.0. The molecule has 0 amide bonds. The number of ether oxygens (including phenoxy) is 1. The van der Waals surface area contributed by atoms with Crippen molar-refractivity contribution in [1.29, 1.82) is 0 Å². The number of hydrogen-bond acceptors (Lipinski definition) is 2. The molecule has 0 N–H and O–H groups in total. The van der Waals surface area contributed by atoms with Crippen LogP contribution in [0, 0.1) is 6.92 Å². The quantitative estimate of drug-likeness (QED) is 0.756. The molecule has 1 aromatic rings. The van der Waals surface area contributed by atoms with Crippen molar-refractivity contribution in [2.75, 3.05) is 0 Å². The highest BCUT2D eigenvalue weighted by Crippen LogP contribution is 2.30. The van der Waals surface area contributed by atoms with Crippen LogP contribution in [0.25, 0.3) is 0 Å². The molecule has 1 atom stereocenters. The van der Waals surface area contributed by atoms with Crippen molar-refractivity contribution in [2.24, 2.45) is 0 Å². The zero-order chi connectivity index (χ0) is 10.8. The second-order valence-electron chi connectivity index (χ2n) is 4.30. The van der Waals surface area contributed by atoms with Gasteiger partial charge < -0.3 is 9.53 Å². The summed E-state index contributed by atoms with van der Waals surface area (Å²) >= 11 is 0. The second kappa shape index (κ2) is 4.05. The maximum atomic E-state index is 10.9. The van der Waals surface area contributed by atoms with Crippen LogP contribution in [-0.2, 0) is 11.2 Å².